The minimum atomic E-state index is -3.23. The van der Waals surface area contributed by atoms with Gasteiger partial charge in [0.25, 0.3) is 0 Å². The van der Waals surface area contributed by atoms with Crippen molar-refractivity contribution < 1.29 is 24.8 Å². The third-order valence-electron chi connectivity index (χ3n) is 3.49. The Morgan fingerprint density at radius 3 is 2.33 bits per heavy atom. The third-order valence-corrected chi connectivity index (χ3v) is 3.49. The van der Waals surface area contributed by atoms with Crippen molar-refractivity contribution in [1.82, 2.24) is 0 Å². The lowest BCUT2D eigenvalue weighted by Gasteiger charge is -2.35. The van der Waals surface area contributed by atoms with E-state index in [1.54, 1.807) is 6.07 Å². The minimum absolute atomic E-state index is 0.257. The molecule has 3 rings (SSSR count). The topological polar surface area (TPSA) is 79.2 Å². The van der Waals surface area contributed by atoms with Crippen LogP contribution in [0.1, 0.15) is 17.0 Å². The summed E-state index contributed by atoms with van der Waals surface area (Å²) in [5.74, 6) is 0.353. The Kier molecular flexibility index (Phi) is 3.65. The van der Waals surface area contributed by atoms with Gasteiger partial charge < -0.3 is 20.1 Å². The largest absolute Gasteiger partial charge is 0.464 e. The average molecular weight is 288 g/mol. The van der Waals surface area contributed by atoms with Gasteiger partial charge in [-0.3, -0.25) is 4.74 Å². The molecule has 0 bridgehead atoms. The van der Waals surface area contributed by atoms with Crippen molar-refractivity contribution in [3.63, 3.8) is 0 Å². The van der Waals surface area contributed by atoms with Crippen LogP contribution in [0.2, 0.25) is 0 Å². The number of hydrogen-bond donors (Lipinski definition) is 3. The zero-order chi connectivity index (χ0) is 14.9. The molecule has 5 nitrogen and oxygen atoms in total. The van der Waals surface area contributed by atoms with E-state index in [2.05, 4.69) is 0 Å². The molecule has 0 saturated carbocycles. The normalized spacial score (nSPS) is 21.5. The van der Waals surface area contributed by atoms with Gasteiger partial charge in [-0.2, -0.15) is 0 Å². The first-order chi connectivity index (χ1) is 10.0. The summed E-state index contributed by atoms with van der Waals surface area (Å²) in [6.45, 7) is 0. The second kappa shape index (κ2) is 5.46. The molecule has 0 radical (unpaired) electrons. The highest BCUT2D eigenvalue weighted by molar-refractivity contribution is 5.38. The SMILES string of the molecule is OC(O)(O)OC1Oc2ccccc2CC1c1ccccc1. The number of ether oxygens (including phenoxy) is 2. The van der Waals surface area contributed by atoms with E-state index in [0.29, 0.717) is 12.2 Å². The van der Waals surface area contributed by atoms with Gasteiger partial charge in [0.15, 0.2) is 0 Å². The van der Waals surface area contributed by atoms with Crippen molar-refractivity contribution in [3.05, 3.63) is 65.7 Å². The Bertz CT molecular complexity index is 606. The molecule has 3 N–H and O–H groups in total. The van der Waals surface area contributed by atoms with Gasteiger partial charge in [-0.25, -0.2) is 0 Å². The molecule has 0 fully saturated rings. The first-order valence-electron chi connectivity index (χ1n) is 6.67. The fraction of sp³-hybridized carbons (Fsp3) is 0.250. The predicted octanol–water partition coefficient (Wildman–Crippen LogP) is 1.34. The summed E-state index contributed by atoms with van der Waals surface area (Å²) in [5, 5.41) is 27.3. The van der Waals surface area contributed by atoms with E-state index in [0.717, 1.165) is 11.1 Å². The highest BCUT2D eigenvalue weighted by atomic mass is 16.9. The van der Waals surface area contributed by atoms with Crippen LogP contribution in [0.5, 0.6) is 5.75 Å². The van der Waals surface area contributed by atoms with Crippen LogP contribution in [0.3, 0.4) is 0 Å². The zero-order valence-electron chi connectivity index (χ0n) is 11.2. The highest BCUT2D eigenvalue weighted by Gasteiger charge is 2.37. The Labute approximate surface area is 122 Å². The van der Waals surface area contributed by atoms with E-state index in [1.165, 1.54) is 0 Å². The molecular weight excluding hydrogens is 272 g/mol. The van der Waals surface area contributed by atoms with Crippen LogP contribution in [0.25, 0.3) is 0 Å². The minimum Gasteiger partial charge on any atom is -0.464 e. The van der Waals surface area contributed by atoms with Gasteiger partial charge in [0.1, 0.15) is 5.75 Å². The van der Waals surface area contributed by atoms with Crippen LogP contribution < -0.4 is 4.74 Å². The van der Waals surface area contributed by atoms with Crippen molar-refractivity contribution in [2.24, 2.45) is 0 Å². The Hall–Kier alpha value is -1.92. The number of fused-ring (bicyclic) bond motifs is 1. The molecule has 5 heteroatoms. The van der Waals surface area contributed by atoms with Crippen molar-refractivity contribution in [2.45, 2.75) is 24.8 Å². The van der Waals surface area contributed by atoms with Gasteiger partial charge in [0.2, 0.25) is 6.29 Å². The molecular formula is C16H16O5. The fourth-order valence-corrected chi connectivity index (χ4v) is 2.57. The first-order valence-corrected chi connectivity index (χ1v) is 6.67. The van der Waals surface area contributed by atoms with Gasteiger partial charge in [-0.1, -0.05) is 48.5 Å². The van der Waals surface area contributed by atoms with E-state index in [-0.39, 0.29) is 5.92 Å². The number of benzene rings is 2. The molecule has 0 saturated heterocycles. The summed E-state index contributed by atoms with van der Waals surface area (Å²) in [7, 11) is 0. The average Bonchev–Trinajstić information content (AvgIpc) is 2.46. The Morgan fingerprint density at radius 1 is 0.952 bits per heavy atom. The number of rotatable bonds is 3. The summed E-state index contributed by atoms with van der Waals surface area (Å²) in [6.07, 6.45) is -3.62. The van der Waals surface area contributed by atoms with Crippen LogP contribution in [0, 0.1) is 0 Å². The lowest BCUT2D eigenvalue weighted by molar-refractivity contribution is -0.481. The monoisotopic (exact) mass is 288 g/mol. The van der Waals surface area contributed by atoms with Gasteiger partial charge in [0.05, 0.1) is 5.92 Å². The second-order valence-electron chi connectivity index (χ2n) is 5.01. The lowest BCUT2D eigenvalue weighted by Crippen LogP contribution is -2.43. The van der Waals surface area contributed by atoms with Crippen LogP contribution in [0.15, 0.2) is 54.6 Å². The van der Waals surface area contributed by atoms with Crippen molar-refractivity contribution in [3.8, 4) is 5.75 Å². The summed E-state index contributed by atoms with van der Waals surface area (Å²) < 4.78 is 10.5. The molecule has 110 valence electrons. The van der Waals surface area contributed by atoms with Gasteiger partial charge in [0, 0.05) is 0 Å². The fourth-order valence-electron chi connectivity index (χ4n) is 2.57. The molecule has 2 atom stereocenters. The maximum absolute atomic E-state index is 9.09. The molecule has 0 aromatic heterocycles. The van der Waals surface area contributed by atoms with E-state index in [9.17, 15) is 0 Å². The molecule has 1 heterocycles. The molecule has 1 aliphatic heterocycles. The molecule has 2 unspecified atom stereocenters. The number of hydrogen-bond acceptors (Lipinski definition) is 5. The second-order valence-corrected chi connectivity index (χ2v) is 5.01. The molecule has 0 aliphatic carbocycles. The molecule has 2 aromatic rings. The van der Waals surface area contributed by atoms with E-state index in [1.807, 2.05) is 48.5 Å². The third kappa shape index (κ3) is 3.22. The summed E-state index contributed by atoms with van der Waals surface area (Å²) >= 11 is 0. The maximum atomic E-state index is 9.09. The quantitative estimate of drug-likeness (QED) is 0.743. The first kappa shape index (κ1) is 14.0. The van der Waals surface area contributed by atoms with Gasteiger partial charge in [-0.05, 0) is 23.6 Å². The molecule has 0 spiro atoms. The van der Waals surface area contributed by atoms with Gasteiger partial charge in [-0.15, -0.1) is 0 Å². The zero-order valence-corrected chi connectivity index (χ0v) is 11.2. The smallest absolute Gasteiger partial charge is 0.408 e. The number of para-hydroxylation sites is 1. The van der Waals surface area contributed by atoms with Crippen molar-refractivity contribution in [1.29, 1.82) is 0 Å². The summed E-state index contributed by atoms with van der Waals surface area (Å²) in [6, 6.07) is 17.0. The van der Waals surface area contributed by atoms with Crippen molar-refractivity contribution in [2.75, 3.05) is 0 Å². The van der Waals surface area contributed by atoms with Crippen molar-refractivity contribution >= 4 is 0 Å². The molecule has 21 heavy (non-hydrogen) atoms. The molecule has 2 aromatic carbocycles. The van der Waals surface area contributed by atoms with E-state index in [4.69, 9.17) is 24.8 Å². The van der Waals surface area contributed by atoms with E-state index >= 15 is 0 Å². The maximum Gasteiger partial charge on any atom is 0.408 e. The van der Waals surface area contributed by atoms with E-state index < -0.39 is 12.4 Å². The standard InChI is InChI=1S/C16H16O5/c17-16(18,19)21-15-13(11-6-2-1-3-7-11)10-12-8-4-5-9-14(12)20-15/h1-9,13,15,17-19H,10H2. The highest BCUT2D eigenvalue weighted by Crippen LogP contribution is 2.37. The summed E-state index contributed by atoms with van der Waals surface area (Å²) in [4.78, 5) is 0. The van der Waals surface area contributed by atoms with Gasteiger partial charge >= 0.3 is 6.16 Å². The Balaban J connectivity index is 1.95. The summed E-state index contributed by atoms with van der Waals surface area (Å²) in [5.41, 5.74) is 1.94. The van der Waals surface area contributed by atoms with Crippen LogP contribution in [0.4, 0.5) is 0 Å². The number of aliphatic hydroxyl groups is 3. The molecule has 0 amide bonds. The van der Waals surface area contributed by atoms with Crippen LogP contribution in [-0.2, 0) is 11.2 Å². The molecule has 1 aliphatic rings. The lowest BCUT2D eigenvalue weighted by atomic mass is 9.89. The van der Waals surface area contributed by atoms with Crippen LogP contribution in [-0.4, -0.2) is 27.8 Å². The Morgan fingerprint density at radius 2 is 1.62 bits per heavy atom. The predicted molar refractivity (Wildman–Crippen MR) is 74.2 cm³/mol. The van der Waals surface area contributed by atoms with Crippen LogP contribution >= 0.6 is 0 Å².